The summed E-state index contributed by atoms with van der Waals surface area (Å²) >= 11 is 1.72. The molecule has 0 spiro atoms. The molecule has 1 amide bonds. The van der Waals surface area contributed by atoms with E-state index in [4.69, 9.17) is 19.6 Å². The third-order valence-electron chi connectivity index (χ3n) is 6.48. The van der Waals surface area contributed by atoms with Crippen molar-refractivity contribution in [3.63, 3.8) is 0 Å². The number of ether oxygens (including phenoxy) is 2. The summed E-state index contributed by atoms with van der Waals surface area (Å²) in [6.45, 7) is 6.41. The summed E-state index contributed by atoms with van der Waals surface area (Å²) in [6.07, 6.45) is 3.93. The van der Waals surface area contributed by atoms with E-state index < -0.39 is 0 Å². The maximum absolute atomic E-state index is 12.4. The van der Waals surface area contributed by atoms with Gasteiger partial charge in [0.25, 0.3) is 0 Å². The normalized spacial score (nSPS) is 14.7. The van der Waals surface area contributed by atoms with Gasteiger partial charge >= 0.3 is 0 Å². The Kier molecular flexibility index (Phi) is 7.76. The molecule has 188 valence electrons. The average molecular weight is 498 g/mol. The number of rotatable bonds is 8. The van der Waals surface area contributed by atoms with Crippen molar-refractivity contribution in [3.05, 3.63) is 34.8 Å². The standard InChI is InChI=1S/C26H35N5O3S/c1-16(2)23-24(18-7-8-19(33-5)20(13-18)34-6)28-29-25(23)26-27-14-21(35-26)17-9-11-31(12-10-17)22(32)15-30(3)4/h7-8,13-14,16-17H,9-12,15H2,1-6H3,(H,28,29). The molecule has 1 aromatic carbocycles. The highest BCUT2D eigenvalue weighted by Gasteiger charge is 2.27. The van der Waals surface area contributed by atoms with Crippen LogP contribution in [-0.2, 0) is 4.79 Å². The lowest BCUT2D eigenvalue weighted by atomic mass is 9.95. The van der Waals surface area contributed by atoms with E-state index in [0.29, 0.717) is 24.0 Å². The second kappa shape index (κ2) is 10.8. The zero-order valence-corrected chi connectivity index (χ0v) is 22.2. The first kappa shape index (κ1) is 25.2. The number of nitrogens with one attached hydrogen (secondary N) is 1. The number of hydrogen-bond acceptors (Lipinski definition) is 7. The zero-order chi connectivity index (χ0) is 25.1. The first-order chi connectivity index (χ1) is 16.8. The number of H-pyrrole nitrogens is 1. The number of piperidine rings is 1. The van der Waals surface area contributed by atoms with Crippen LogP contribution in [0.3, 0.4) is 0 Å². The summed E-state index contributed by atoms with van der Waals surface area (Å²) in [7, 11) is 7.14. The van der Waals surface area contributed by atoms with Crippen molar-refractivity contribution in [3.8, 4) is 33.5 Å². The largest absolute Gasteiger partial charge is 0.493 e. The van der Waals surface area contributed by atoms with Crippen LogP contribution in [0.5, 0.6) is 11.5 Å². The molecule has 2 aromatic heterocycles. The zero-order valence-electron chi connectivity index (χ0n) is 21.4. The van der Waals surface area contributed by atoms with Gasteiger partial charge in [-0.2, -0.15) is 5.10 Å². The second-order valence-corrected chi connectivity index (χ2v) is 10.6. The number of carbonyl (C=O) groups excluding carboxylic acids is 1. The first-order valence-electron chi connectivity index (χ1n) is 12.0. The molecule has 0 saturated carbocycles. The molecule has 9 heteroatoms. The Morgan fingerprint density at radius 2 is 1.91 bits per heavy atom. The van der Waals surface area contributed by atoms with Gasteiger partial charge in [-0.15, -0.1) is 11.3 Å². The van der Waals surface area contributed by atoms with E-state index in [-0.39, 0.29) is 11.8 Å². The van der Waals surface area contributed by atoms with Crippen molar-refractivity contribution in [1.29, 1.82) is 0 Å². The van der Waals surface area contributed by atoms with Crippen molar-refractivity contribution in [2.24, 2.45) is 0 Å². The number of aromatic amines is 1. The summed E-state index contributed by atoms with van der Waals surface area (Å²) in [5.74, 6) is 2.27. The SMILES string of the molecule is COc1ccc(-c2[nH]nc(-c3ncc(C4CCN(C(=O)CN(C)C)CC4)s3)c2C(C)C)cc1OC. The van der Waals surface area contributed by atoms with Gasteiger partial charge in [-0.3, -0.25) is 9.89 Å². The highest BCUT2D eigenvalue weighted by molar-refractivity contribution is 7.15. The van der Waals surface area contributed by atoms with Gasteiger partial charge in [0.05, 0.1) is 26.5 Å². The predicted octanol–water partition coefficient (Wildman–Crippen LogP) is 4.61. The fourth-order valence-electron chi connectivity index (χ4n) is 4.66. The minimum absolute atomic E-state index is 0.208. The van der Waals surface area contributed by atoms with Crippen molar-refractivity contribution in [2.75, 3.05) is 47.9 Å². The minimum Gasteiger partial charge on any atom is -0.493 e. The molecule has 1 fully saturated rings. The van der Waals surface area contributed by atoms with E-state index in [0.717, 1.165) is 53.5 Å². The molecule has 3 aromatic rings. The number of aromatic nitrogens is 3. The van der Waals surface area contributed by atoms with Gasteiger partial charge < -0.3 is 19.3 Å². The smallest absolute Gasteiger partial charge is 0.236 e. The summed E-state index contributed by atoms with van der Waals surface area (Å²) in [5.41, 5.74) is 4.01. The number of methoxy groups -OCH3 is 2. The molecule has 0 bridgehead atoms. The lowest BCUT2D eigenvalue weighted by Crippen LogP contribution is -2.42. The molecule has 0 radical (unpaired) electrons. The monoisotopic (exact) mass is 497 g/mol. The lowest BCUT2D eigenvalue weighted by molar-refractivity contribution is -0.132. The summed E-state index contributed by atoms with van der Waals surface area (Å²) in [6, 6.07) is 5.90. The van der Waals surface area contributed by atoms with Crippen LogP contribution in [0.1, 0.15) is 49.0 Å². The molecule has 0 aliphatic carbocycles. The molecule has 8 nitrogen and oxygen atoms in total. The third-order valence-corrected chi connectivity index (χ3v) is 7.65. The van der Waals surface area contributed by atoms with Crippen LogP contribution in [0.15, 0.2) is 24.4 Å². The Labute approximate surface area is 211 Å². The maximum Gasteiger partial charge on any atom is 0.236 e. The molecule has 35 heavy (non-hydrogen) atoms. The van der Waals surface area contributed by atoms with Crippen molar-refractivity contribution < 1.29 is 14.3 Å². The van der Waals surface area contributed by atoms with Crippen LogP contribution in [0.25, 0.3) is 22.0 Å². The molecule has 1 aliphatic heterocycles. The van der Waals surface area contributed by atoms with Crippen LogP contribution in [0.4, 0.5) is 0 Å². The number of carbonyl (C=O) groups is 1. The number of likely N-dealkylation sites (N-methyl/N-ethyl adjacent to an activating group) is 1. The van der Waals surface area contributed by atoms with Crippen LogP contribution >= 0.6 is 11.3 Å². The Morgan fingerprint density at radius 1 is 1.20 bits per heavy atom. The third kappa shape index (κ3) is 5.36. The van der Waals surface area contributed by atoms with E-state index >= 15 is 0 Å². The Bertz CT molecular complexity index is 1160. The number of amides is 1. The fourth-order valence-corrected chi connectivity index (χ4v) is 5.75. The number of thiazole rings is 1. The average Bonchev–Trinajstić information content (AvgIpc) is 3.51. The first-order valence-corrected chi connectivity index (χ1v) is 12.8. The molecule has 1 aliphatic rings. The van der Waals surface area contributed by atoms with Gasteiger partial charge in [0, 0.05) is 35.3 Å². The van der Waals surface area contributed by atoms with Gasteiger partial charge in [-0.05, 0) is 57.0 Å². The number of benzene rings is 1. The van der Waals surface area contributed by atoms with Crippen LogP contribution in [0, 0.1) is 0 Å². The van der Waals surface area contributed by atoms with Crippen LogP contribution in [0.2, 0.25) is 0 Å². The van der Waals surface area contributed by atoms with Gasteiger partial charge in [0.15, 0.2) is 11.5 Å². The molecule has 3 heterocycles. The molecule has 4 rings (SSSR count). The number of likely N-dealkylation sites (tertiary alicyclic amines) is 1. The van der Waals surface area contributed by atoms with Gasteiger partial charge in [-0.1, -0.05) is 13.8 Å². The molecule has 0 atom stereocenters. The van der Waals surface area contributed by atoms with Gasteiger partial charge in [0.2, 0.25) is 5.91 Å². The van der Waals surface area contributed by atoms with Crippen molar-refractivity contribution in [1.82, 2.24) is 25.0 Å². The molecule has 1 saturated heterocycles. The highest BCUT2D eigenvalue weighted by atomic mass is 32.1. The molecular formula is C26H35N5O3S. The molecule has 1 N–H and O–H groups in total. The predicted molar refractivity (Wildman–Crippen MR) is 139 cm³/mol. The van der Waals surface area contributed by atoms with E-state index in [1.54, 1.807) is 25.6 Å². The molecule has 0 unspecified atom stereocenters. The van der Waals surface area contributed by atoms with Crippen LogP contribution < -0.4 is 9.47 Å². The quantitative estimate of drug-likeness (QED) is 0.489. The Hall–Kier alpha value is -2.91. The Morgan fingerprint density at radius 3 is 2.54 bits per heavy atom. The minimum atomic E-state index is 0.208. The second-order valence-electron chi connectivity index (χ2n) is 9.55. The van der Waals surface area contributed by atoms with Crippen LogP contribution in [-0.4, -0.2) is 78.8 Å². The van der Waals surface area contributed by atoms with E-state index in [1.807, 2.05) is 48.3 Å². The van der Waals surface area contributed by atoms with Gasteiger partial charge in [0.1, 0.15) is 10.7 Å². The summed E-state index contributed by atoms with van der Waals surface area (Å²) in [4.78, 5) is 22.3. The van der Waals surface area contributed by atoms with E-state index in [2.05, 4.69) is 18.9 Å². The number of hydrogen-bond donors (Lipinski definition) is 1. The van der Waals surface area contributed by atoms with E-state index in [1.165, 1.54) is 4.88 Å². The fraction of sp³-hybridized carbons (Fsp3) is 0.500. The van der Waals surface area contributed by atoms with E-state index in [9.17, 15) is 4.79 Å². The highest BCUT2D eigenvalue weighted by Crippen LogP contribution is 2.41. The number of nitrogens with zero attached hydrogens (tertiary/aromatic N) is 4. The van der Waals surface area contributed by atoms with Crippen molar-refractivity contribution >= 4 is 17.2 Å². The summed E-state index contributed by atoms with van der Waals surface area (Å²) < 4.78 is 10.9. The van der Waals surface area contributed by atoms with Gasteiger partial charge in [-0.25, -0.2) is 4.98 Å². The Balaban J connectivity index is 1.55. The summed E-state index contributed by atoms with van der Waals surface area (Å²) in [5, 5.41) is 8.88. The lowest BCUT2D eigenvalue weighted by Gasteiger charge is -2.32. The molecular weight excluding hydrogens is 462 g/mol. The van der Waals surface area contributed by atoms with Crippen molar-refractivity contribution in [2.45, 2.75) is 38.5 Å². The topological polar surface area (TPSA) is 83.6 Å². The maximum atomic E-state index is 12.4.